The average Bonchev–Trinajstić information content (AvgIpc) is 3.16. The Labute approximate surface area is 161 Å². The molecule has 0 atom stereocenters. The fourth-order valence-electron chi connectivity index (χ4n) is 3.13. The van der Waals surface area contributed by atoms with Gasteiger partial charge in [-0.3, -0.25) is 4.79 Å². The van der Waals surface area contributed by atoms with Gasteiger partial charge in [0.15, 0.2) is 10.9 Å². The maximum atomic E-state index is 12.6. The lowest BCUT2D eigenvalue weighted by molar-refractivity contribution is 0.102. The molecule has 1 fully saturated rings. The molecule has 1 aromatic carbocycles. The van der Waals surface area contributed by atoms with Crippen LogP contribution in [0.2, 0.25) is 0 Å². The summed E-state index contributed by atoms with van der Waals surface area (Å²) in [5, 5.41) is 11.8. The first-order valence-electron chi connectivity index (χ1n) is 8.81. The van der Waals surface area contributed by atoms with Crippen LogP contribution in [0.25, 0.3) is 0 Å². The summed E-state index contributed by atoms with van der Waals surface area (Å²) in [4.78, 5) is 13.9. The van der Waals surface area contributed by atoms with E-state index in [0.717, 1.165) is 28.5 Å². The van der Waals surface area contributed by atoms with Crippen LogP contribution >= 0.6 is 23.1 Å². The first kappa shape index (κ1) is 17.5. The molecule has 1 saturated carbocycles. The standard InChI is InChI=1S/C20H21N3OS2/c1-13-5-8-17(14(2)10-13)18(24)12-26-20-22-21-19(23(20)15-6-7-15)11-16-4-3-9-25-16/h3-5,8-10,15H,6-7,11-12H2,1-2H3. The number of hydrogen-bond acceptors (Lipinski definition) is 5. The Balaban J connectivity index is 1.49. The third kappa shape index (κ3) is 3.76. The van der Waals surface area contributed by atoms with E-state index >= 15 is 0 Å². The number of hydrogen-bond donors (Lipinski definition) is 0. The lowest BCUT2D eigenvalue weighted by Crippen LogP contribution is -2.07. The van der Waals surface area contributed by atoms with E-state index in [2.05, 4.69) is 38.3 Å². The van der Waals surface area contributed by atoms with Crippen molar-refractivity contribution in [1.29, 1.82) is 0 Å². The highest BCUT2D eigenvalue weighted by Gasteiger charge is 2.30. The molecule has 4 rings (SSSR count). The normalized spacial score (nSPS) is 13.9. The van der Waals surface area contributed by atoms with Gasteiger partial charge in [-0.15, -0.1) is 21.5 Å². The van der Waals surface area contributed by atoms with Gasteiger partial charge in [-0.05, 0) is 43.7 Å². The average molecular weight is 384 g/mol. The van der Waals surface area contributed by atoms with Crippen LogP contribution in [0.15, 0.2) is 40.9 Å². The van der Waals surface area contributed by atoms with Crippen molar-refractivity contribution in [2.45, 2.75) is 44.3 Å². The van der Waals surface area contributed by atoms with E-state index in [1.54, 1.807) is 11.3 Å². The molecule has 0 radical (unpaired) electrons. The summed E-state index contributed by atoms with van der Waals surface area (Å²) in [6.07, 6.45) is 3.16. The Bertz CT molecular complexity index is 927. The predicted molar refractivity (Wildman–Crippen MR) is 106 cm³/mol. The molecule has 0 spiro atoms. The molecule has 3 aromatic rings. The summed E-state index contributed by atoms with van der Waals surface area (Å²) in [7, 11) is 0. The van der Waals surface area contributed by atoms with Crippen LogP contribution < -0.4 is 0 Å². The van der Waals surface area contributed by atoms with Crippen LogP contribution in [0.1, 0.15) is 51.1 Å². The Kier molecular flexibility index (Phi) is 4.96. The van der Waals surface area contributed by atoms with Crippen LogP contribution in [-0.2, 0) is 6.42 Å². The van der Waals surface area contributed by atoms with E-state index in [0.29, 0.717) is 11.8 Å². The predicted octanol–water partition coefficient (Wildman–Crippen LogP) is 4.86. The molecule has 134 valence electrons. The quantitative estimate of drug-likeness (QED) is 0.432. The highest BCUT2D eigenvalue weighted by Crippen LogP contribution is 2.39. The molecule has 4 nitrogen and oxygen atoms in total. The molecule has 26 heavy (non-hydrogen) atoms. The smallest absolute Gasteiger partial charge is 0.191 e. The lowest BCUT2D eigenvalue weighted by atomic mass is 10.0. The highest BCUT2D eigenvalue weighted by atomic mass is 32.2. The van der Waals surface area contributed by atoms with Crippen LogP contribution in [-0.4, -0.2) is 26.3 Å². The zero-order valence-electron chi connectivity index (χ0n) is 14.9. The van der Waals surface area contributed by atoms with Crippen molar-refractivity contribution >= 4 is 28.9 Å². The number of thioether (sulfide) groups is 1. The molecule has 6 heteroatoms. The molecule has 0 saturated heterocycles. The number of carbonyl (C=O) groups excluding carboxylic acids is 1. The van der Waals surface area contributed by atoms with Crippen LogP contribution in [0, 0.1) is 13.8 Å². The second-order valence-corrected chi connectivity index (χ2v) is 8.76. The molecular weight excluding hydrogens is 362 g/mol. The van der Waals surface area contributed by atoms with Gasteiger partial charge in [-0.1, -0.05) is 41.6 Å². The number of Topliss-reactive ketones (excluding diaryl/α,β-unsaturated/α-hetero) is 1. The second-order valence-electron chi connectivity index (χ2n) is 6.79. The Morgan fingerprint density at radius 1 is 1.27 bits per heavy atom. The van der Waals surface area contributed by atoms with Gasteiger partial charge in [-0.2, -0.15) is 0 Å². The third-order valence-corrected chi connectivity index (χ3v) is 6.39. The minimum Gasteiger partial charge on any atom is -0.303 e. The summed E-state index contributed by atoms with van der Waals surface area (Å²) in [6, 6.07) is 10.7. The molecule has 2 aromatic heterocycles. The molecule has 1 aliphatic carbocycles. The second kappa shape index (κ2) is 7.37. The van der Waals surface area contributed by atoms with Gasteiger partial charge in [0.1, 0.15) is 5.82 Å². The van der Waals surface area contributed by atoms with Crippen molar-refractivity contribution in [3.8, 4) is 0 Å². The van der Waals surface area contributed by atoms with Gasteiger partial charge in [0, 0.05) is 22.9 Å². The molecule has 0 aliphatic heterocycles. The summed E-state index contributed by atoms with van der Waals surface area (Å²) in [5.41, 5.74) is 3.02. The van der Waals surface area contributed by atoms with Gasteiger partial charge in [0.2, 0.25) is 0 Å². The maximum absolute atomic E-state index is 12.6. The minimum absolute atomic E-state index is 0.151. The largest absolute Gasteiger partial charge is 0.303 e. The van der Waals surface area contributed by atoms with Gasteiger partial charge < -0.3 is 4.57 Å². The van der Waals surface area contributed by atoms with Crippen molar-refractivity contribution in [3.05, 3.63) is 63.1 Å². The highest BCUT2D eigenvalue weighted by molar-refractivity contribution is 7.99. The minimum atomic E-state index is 0.151. The first-order chi connectivity index (χ1) is 12.6. The fourth-order valence-corrected chi connectivity index (χ4v) is 4.74. The van der Waals surface area contributed by atoms with E-state index in [-0.39, 0.29) is 5.78 Å². The number of benzene rings is 1. The molecule has 0 bridgehead atoms. The number of rotatable bonds is 7. The summed E-state index contributed by atoms with van der Waals surface area (Å²) in [6.45, 7) is 4.04. The zero-order chi connectivity index (χ0) is 18.1. The maximum Gasteiger partial charge on any atom is 0.191 e. The number of aryl methyl sites for hydroxylation is 2. The van der Waals surface area contributed by atoms with E-state index in [1.807, 2.05) is 26.0 Å². The molecule has 2 heterocycles. The first-order valence-corrected chi connectivity index (χ1v) is 10.7. The van der Waals surface area contributed by atoms with Gasteiger partial charge in [0.25, 0.3) is 0 Å². The summed E-state index contributed by atoms with van der Waals surface area (Å²) >= 11 is 3.25. The van der Waals surface area contributed by atoms with Crippen molar-refractivity contribution < 1.29 is 4.79 Å². The van der Waals surface area contributed by atoms with Crippen molar-refractivity contribution in [1.82, 2.24) is 14.8 Å². The van der Waals surface area contributed by atoms with Crippen molar-refractivity contribution in [3.63, 3.8) is 0 Å². The summed E-state index contributed by atoms with van der Waals surface area (Å²) < 4.78 is 2.25. The molecule has 0 N–H and O–H groups in total. The van der Waals surface area contributed by atoms with E-state index in [4.69, 9.17) is 0 Å². The SMILES string of the molecule is Cc1ccc(C(=O)CSc2nnc(Cc3cccs3)n2C2CC2)c(C)c1. The third-order valence-electron chi connectivity index (χ3n) is 4.57. The van der Waals surface area contributed by atoms with Crippen molar-refractivity contribution in [2.24, 2.45) is 0 Å². The topological polar surface area (TPSA) is 47.8 Å². The van der Waals surface area contributed by atoms with Crippen LogP contribution in [0.5, 0.6) is 0 Å². The number of ketones is 1. The Morgan fingerprint density at radius 2 is 2.12 bits per heavy atom. The number of aromatic nitrogens is 3. The van der Waals surface area contributed by atoms with Gasteiger partial charge in [-0.25, -0.2) is 0 Å². The Morgan fingerprint density at radius 3 is 2.81 bits per heavy atom. The molecule has 0 amide bonds. The van der Waals surface area contributed by atoms with Crippen molar-refractivity contribution in [2.75, 3.05) is 5.75 Å². The molecular formula is C20H21N3OS2. The number of nitrogens with zero attached hydrogens (tertiary/aromatic N) is 3. The fraction of sp³-hybridized carbons (Fsp3) is 0.350. The number of thiophene rings is 1. The zero-order valence-corrected chi connectivity index (χ0v) is 16.6. The van der Waals surface area contributed by atoms with Gasteiger partial charge in [0.05, 0.1) is 5.75 Å². The van der Waals surface area contributed by atoms with E-state index < -0.39 is 0 Å². The monoisotopic (exact) mass is 383 g/mol. The van der Waals surface area contributed by atoms with E-state index in [1.165, 1.54) is 35.0 Å². The lowest BCUT2D eigenvalue weighted by Gasteiger charge is -2.09. The van der Waals surface area contributed by atoms with E-state index in [9.17, 15) is 4.79 Å². The number of carbonyl (C=O) groups is 1. The summed E-state index contributed by atoms with van der Waals surface area (Å²) in [5.74, 6) is 1.56. The van der Waals surface area contributed by atoms with Crippen LogP contribution in [0.4, 0.5) is 0 Å². The molecule has 0 unspecified atom stereocenters. The van der Waals surface area contributed by atoms with Gasteiger partial charge >= 0.3 is 0 Å². The van der Waals surface area contributed by atoms with Crippen LogP contribution in [0.3, 0.4) is 0 Å². The molecule has 1 aliphatic rings. The Hall–Kier alpha value is -1.92.